The number of hydrogen-bond donors (Lipinski definition) is 1. The molecule has 11 heteroatoms. The number of sulfonamides is 2. The molecule has 0 spiro atoms. The van der Waals surface area contributed by atoms with Crippen LogP contribution in [0.2, 0.25) is 0 Å². The summed E-state index contributed by atoms with van der Waals surface area (Å²) in [5.41, 5.74) is -0.0694. The average Bonchev–Trinajstić information content (AvgIpc) is 2.74. The maximum absolute atomic E-state index is 14.4. The van der Waals surface area contributed by atoms with E-state index in [-0.39, 0.29) is 16.1 Å². The fourth-order valence-electron chi connectivity index (χ4n) is 3.27. The van der Waals surface area contributed by atoms with Gasteiger partial charge in [-0.1, -0.05) is 18.6 Å². The Kier molecular flexibility index (Phi) is 6.79. The summed E-state index contributed by atoms with van der Waals surface area (Å²) in [6.45, 7) is 0.599. The largest absolute Gasteiger partial charge is 0.321 e. The highest BCUT2D eigenvalue weighted by Gasteiger charge is 2.30. The number of rotatable bonds is 6. The van der Waals surface area contributed by atoms with E-state index in [2.05, 4.69) is 5.32 Å². The van der Waals surface area contributed by atoms with E-state index in [9.17, 15) is 26.0 Å². The van der Waals surface area contributed by atoms with E-state index in [1.54, 1.807) is 6.07 Å². The second-order valence-electron chi connectivity index (χ2n) is 7.35. The van der Waals surface area contributed by atoms with E-state index < -0.39 is 36.7 Å². The number of piperidine rings is 1. The molecule has 0 aliphatic carbocycles. The minimum atomic E-state index is -4.09. The number of hydrogen-bond acceptors (Lipinski definition) is 5. The van der Waals surface area contributed by atoms with E-state index in [1.807, 2.05) is 0 Å². The van der Waals surface area contributed by atoms with Gasteiger partial charge in [0.1, 0.15) is 15.6 Å². The minimum absolute atomic E-state index is 0.0333. The lowest BCUT2D eigenvalue weighted by Crippen LogP contribution is -2.36. The summed E-state index contributed by atoms with van der Waals surface area (Å²) in [6, 6.07) is 8.91. The number of halogens is 1. The van der Waals surface area contributed by atoms with E-state index in [1.165, 1.54) is 36.6 Å². The monoisotopic (exact) mass is 469 g/mol. The second-order valence-corrected chi connectivity index (χ2v) is 11.4. The van der Waals surface area contributed by atoms with Crippen LogP contribution in [0, 0.1) is 5.82 Å². The number of anilines is 1. The molecule has 0 unspecified atom stereocenters. The number of nitrogens with zero attached hydrogens (tertiary/aromatic N) is 2. The van der Waals surface area contributed by atoms with Crippen molar-refractivity contribution in [2.24, 2.45) is 0 Å². The summed E-state index contributed by atoms with van der Waals surface area (Å²) in [5, 5.41) is 2.49. The van der Waals surface area contributed by atoms with Crippen molar-refractivity contribution in [2.75, 3.05) is 32.5 Å². The van der Waals surface area contributed by atoms with E-state index >= 15 is 0 Å². The first-order valence-electron chi connectivity index (χ1n) is 9.68. The fraction of sp³-hybridized carbons (Fsp3) is 0.350. The summed E-state index contributed by atoms with van der Waals surface area (Å²) in [4.78, 5) is 12.1. The third-order valence-corrected chi connectivity index (χ3v) is 8.81. The highest BCUT2D eigenvalue weighted by Crippen LogP contribution is 2.26. The summed E-state index contributed by atoms with van der Waals surface area (Å²) >= 11 is 0. The summed E-state index contributed by atoms with van der Waals surface area (Å²) in [6.07, 6.45) is 2.29. The Balaban J connectivity index is 1.94. The molecule has 0 bridgehead atoms. The molecule has 1 N–H and O–H groups in total. The molecule has 0 saturated carbocycles. The fourth-order valence-corrected chi connectivity index (χ4v) is 5.92. The third-order valence-electron chi connectivity index (χ3n) is 5.02. The number of amides is 1. The smallest absolute Gasteiger partial charge is 0.255 e. The molecular formula is C20H24FN3O5S2. The molecule has 1 fully saturated rings. The lowest BCUT2D eigenvalue weighted by molar-refractivity contribution is 0.102. The molecule has 1 heterocycles. The molecular weight excluding hydrogens is 445 g/mol. The van der Waals surface area contributed by atoms with Crippen molar-refractivity contribution in [3.63, 3.8) is 0 Å². The standard InChI is InChI=1S/C20H24FN3O5S2/c1-23(2)30(26,27)18-9-5-4-8-17(18)22-20(25)15-10-11-16(21)19(14-15)31(28,29)24-12-6-3-7-13-24/h4-5,8-11,14H,3,6-7,12-13H2,1-2H3,(H,22,25). The van der Waals surface area contributed by atoms with Crippen molar-refractivity contribution in [3.05, 3.63) is 53.8 Å². The number of carbonyl (C=O) groups excluding carboxylic acids is 1. The lowest BCUT2D eigenvalue weighted by atomic mass is 10.2. The molecule has 1 saturated heterocycles. The molecule has 168 valence electrons. The summed E-state index contributed by atoms with van der Waals surface area (Å²) < 4.78 is 67.4. The molecule has 0 atom stereocenters. The lowest BCUT2D eigenvalue weighted by Gasteiger charge is -2.26. The van der Waals surface area contributed by atoms with Crippen molar-refractivity contribution in [1.82, 2.24) is 8.61 Å². The first-order chi connectivity index (χ1) is 14.5. The zero-order chi connectivity index (χ0) is 22.8. The van der Waals surface area contributed by atoms with Gasteiger partial charge >= 0.3 is 0 Å². The normalized spacial score (nSPS) is 15.7. The van der Waals surface area contributed by atoms with Crippen LogP contribution in [0.5, 0.6) is 0 Å². The SMILES string of the molecule is CN(C)S(=O)(=O)c1ccccc1NC(=O)c1ccc(F)c(S(=O)(=O)N2CCCCC2)c1. The van der Waals surface area contributed by atoms with Gasteiger partial charge in [0.05, 0.1) is 5.69 Å². The van der Waals surface area contributed by atoms with E-state index in [0.717, 1.165) is 28.9 Å². The molecule has 1 aliphatic heterocycles. The van der Waals surface area contributed by atoms with Crippen LogP contribution in [-0.4, -0.2) is 58.5 Å². The van der Waals surface area contributed by atoms with Gasteiger partial charge in [0, 0.05) is 32.7 Å². The van der Waals surface area contributed by atoms with Gasteiger partial charge < -0.3 is 5.32 Å². The highest BCUT2D eigenvalue weighted by molar-refractivity contribution is 7.89. The van der Waals surface area contributed by atoms with Crippen molar-refractivity contribution >= 4 is 31.6 Å². The zero-order valence-corrected chi connectivity index (χ0v) is 18.8. The Hall–Kier alpha value is -2.34. The van der Waals surface area contributed by atoms with Gasteiger partial charge in [0.2, 0.25) is 20.0 Å². The summed E-state index contributed by atoms with van der Waals surface area (Å²) in [5.74, 6) is -1.70. The van der Waals surface area contributed by atoms with Crippen LogP contribution >= 0.6 is 0 Å². The summed E-state index contributed by atoms with van der Waals surface area (Å²) in [7, 11) is -5.19. The Bertz CT molecular complexity index is 1190. The van der Waals surface area contributed by atoms with Gasteiger partial charge in [0.15, 0.2) is 0 Å². The maximum atomic E-state index is 14.4. The van der Waals surface area contributed by atoms with Gasteiger partial charge in [-0.3, -0.25) is 4.79 Å². The average molecular weight is 470 g/mol. The molecule has 1 aliphatic rings. The predicted octanol–water partition coefficient (Wildman–Crippen LogP) is 2.50. The second kappa shape index (κ2) is 9.03. The first kappa shape index (κ1) is 23.3. The number of nitrogens with one attached hydrogen (secondary N) is 1. The molecule has 31 heavy (non-hydrogen) atoms. The Morgan fingerprint density at radius 1 is 0.968 bits per heavy atom. The minimum Gasteiger partial charge on any atom is -0.321 e. The van der Waals surface area contributed by atoms with Crippen LogP contribution in [0.25, 0.3) is 0 Å². The number of benzene rings is 2. The van der Waals surface area contributed by atoms with Gasteiger partial charge in [0.25, 0.3) is 5.91 Å². The zero-order valence-electron chi connectivity index (χ0n) is 17.2. The van der Waals surface area contributed by atoms with Crippen LogP contribution in [0.15, 0.2) is 52.3 Å². The van der Waals surface area contributed by atoms with Crippen molar-refractivity contribution in [1.29, 1.82) is 0 Å². The Labute approximate surface area is 181 Å². The van der Waals surface area contributed by atoms with Gasteiger partial charge in [-0.15, -0.1) is 0 Å². The molecule has 0 radical (unpaired) electrons. The molecule has 3 rings (SSSR count). The van der Waals surface area contributed by atoms with E-state index in [0.29, 0.717) is 25.9 Å². The Morgan fingerprint density at radius 3 is 2.26 bits per heavy atom. The highest BCUT2D eigenvalue weighted by atomic mass is 32.2. The molecule has 0 aromatic heterocycles. The molecule has 2 aromatic rings. The van der Waals surface area contributed by atoms with Crippen LogP contribution in [-0.2, 0) is 20.0 Å². The molecule has 1 amide bonds. The van der Waals surface area contributed by atoms with Crippen molar-refractivity contribution in [2.45, 2.75) is 29.1 Å². The predicted molar refractivity (Wildman–Crippen MR) is 114 cm³/mol. The quantitative estimate of drug-likeness (QED) is 0.700. The van der Waals surface area contributed by atoms with Crippen LogP contribution in [0.3, 0.4) is 0 Å². The topological polar surface area (TPSA) is 104 Å². The first-order valence-corrected chi connectivity index (χ1v) is 12.6. The van der Waals surface area contributed by atoms with Gasteiger partial charge in [-0.2, -0.15) is 4.31 Å². The van der Waals surface area contributed by atoms with Gasteiger partial charge in [-0.05, 0) is 43.2 Å². The number of carbonyl (C=O) groups is 1. The molecule has 2 aromatic carbocycles. The maximum Gasteiger partial charge on any atom is 0.255 e. The van der Waals surface area contributed by atoms with Gasteiger partial charge in [-0.25, -0.2) is 25.5 Å². The van der Waals surface area contributed by atoms with Crippen LogP contribution < -0.4 is 5.32 Å². The number of para-hydroxylation sites is 1. The third kappa shape index (κ3) is 4.79. The van der Waals surface area contributed by atoms with Crippen LogP contribution in [0.4, 0.5) is 10.1 Å². The Morgan fingerprint density at radius 2 is 1.61 bits per heavy atom. The molecule has 8 nitrogen and oxygen atoms in total. The van der Waals surface area contributed by atoms with Crippen molar-refractivity contribution < 1.29 is 26.0 Å². The van der Waals surface area contributed by atoms with Crippen molar-refractivity contribution in [3.8, 4) is 0 Å². The van der Waals surface area contributed by atoms with Crippen LogP contribution in [0.1, 0.15) is 29.6 Å². The van der Waals surface area contributed by atoms with E-state index in [4.69, 9.17) is 0 Å².